The van der Waals surface area contributed by atoms with E-state index in [1.165, 1.54) is 25.1 Å². The Bertz CT molecular complexity index is 1140. The number of halogens is 2. The molecule has 1 fully saturated rings. The van der Waals surface area contributed by atoms with Crippen molar-refractivity contribution in [1.29, 1.82) is 0 Å². The number of amides is 1. The van der Waals surface area contributed by atoms with Crippen molar-refractivity contribution in [3.05, 3.63) is 46.8 Å². The van der Waals surface area contributed by atoms with Gasteiger partial charge < -0.3 is 30.7 Å². The summed E-state index contributed by atoms with van der Waals surface area (Å²) in [6, 6.07) is 3.10. The summed E-state index contributed by atoms with van der Waals surface area (Å²) in [4.78, 5) is 36.0. The number of aromatic nitrogens is 1. The second kappa shape index (κ2) is 16.6. The number of carbonyl (C=O) groups is 2. The van der Waals surface area contributed by atoms with Crippen molar-refractivity contribution in [1.82, 2.24) is 20.5 Å². The Balaban J connectivity index is 1.58. The van der Waals surface area contributed by atoms with Gasteiger partial charge in [-0.3, -0.25) is 9.79 Å². The number of allylic oxidation sites excluding steroid dienone is 1. The van der Waals surface area contributed by atoms with Crippen molar-refractivity contribution >= 4 is 35.6 Å². The third-order valence-corrected chi connectivity index (χ3v) is 8.19. The largest absolute Gasteiger partial charge is 0.480 e. The molecule has 1 aromatic rings. The molecule has 2 atom stereocenters. The van der Waals surface area contributed by atoms with Crippen molar-refractivity contribution in [2.45, 2.75) is 63.5 Å². The molecule has 0 spiro atoms. The number of carboxylic acid groups (broad SMARTS) is 1. The molecule has 2 unspecified atom stereocenters. The van der Waals surface area contributed by atoms with Crippen molar-refractivity contribution in [3.8, 4) is 0 Å². The number of methoxy groups -OCH3 is 1. The van der Waals surface area contributed by atoms with E-state index < -0.39 is 36.1 Å². The fourth-order valence-corrected chi connectivity index (χ4v) is 5.53. The molecular weight excluding hydrogens is 563 g/mol. The molecule has 1 aromatic heterocycles. The van der Waals surface area contributed by atoms with E-state index in [1.54, 1.807) is 7.05 Å². The zero-order valence-corrected chi connectivity index (χ0v) is 25.4. The number of carbonyl (C=O) groups excluding carboxylic acids is 1. The average molecular weight is 607 g/mol. The molecule has 0 radical (unpaired) electrons. The van der Waals surface area contributed by atoms with Crippen LogP contribution >= 0.6 is 11.6 Å². The maximum Gasteiger partial charge on any atom is 0.326 e. The molecule has 42 heavy (non-hydrogen) atoms. The summed E-state index contributed by atoms with van der Waals surface area (Å²) in [5.74, 6) is -0.563. The number of aliphatic imine (C=N–C) groups is 1. The van der Waals surface area contributed by atoms with Gasteiger partial charge >= 0.3 is 5.97 Å². The summed E-state index contributed by atoms with van der Waals surface area (Å²) in [5.41, 5.74) is 1.85. The Morgan fingerprint density at radius 3 is 2.79 bits per heavy atom. The highest BCUT2D eigenvalue weighted by atomic mass is 35.5. The lowest BCUT2D eigenvalue weighted by atomic mass is 9.94. The predicted octanol–water partition coefficient (Wildman–Crippen LogP) is 3.67. The first-order chi connectivity index (χ1) is 20.3. The molecular formula is C30H44ClFN6O4. The number of fused-ring (bicyclic) bond motifs is 1. The molecule has 0 saturated heterocycles. The molecule has 1 aliphatic heterocycles. The minimum atomic E-state index is -1.13. The number of nitrogens with one attached hydrogen (secondary N) is 3. The number of nitrogens with zero attached hydrogens (tertiary/aromatic N) is 3. The number of aliphatic carboxylic acids is 1. The Morgan fingerprint density at radius 2 is 2.14 bits per heavy atom. The van der Waals surface area contributed by atoms with E-state index in [9.17, 15) is 19.1 Å². The van der Waals surface area contributed by atoms with Gasteiger partial charge in [0.15, 0.2) is 0 Å². The first-order valence-electron chi connectivity index (χ1n) is 14.5. The lowest BCUT2D eigenvalue weighted by Crippen LogP contribution is -2.47. The van der Waals surface area contributed by atoms with E-state index in [1.807, 2.05) is 4.90 Å². The van der Waals surface area contributed by atoms with Crippen molar-refractivity contribution in [2.24, 2.45) is 10.4 Å². The van der Waals surface area contributed by atoms with Gasteiger partial charge in [-0.2, -0.15) is 0 Å². The van der Waals surface area contributed by atoms with Gasteiger partial charge in [0.1, 0.15) is 23.7 Å². The van der Waals surface area contributed by atoms with Gasteiger partial charge in [-0.15, -0.1) is 0 Å². The van der Waals surface area contributed by atoms with Crippen LogP contribution in [0.2, 0.25) is 0 Å². The summed E-state index contributed by atoms with van der Waals surface area (Å²) >= 11 is 6.36. The number of aryl methyl sites for hydroxylation is 2. The van der Waals surface area contributed by atoms with E-state index in [2.05, 4.69) is 39.7 Å². The van der Waals surface area contributed by atoms with Crippen LogP contribution in [-0.4, -0.2) is 92.4 Å². The molecule has 1 amide bonds. The van der Waals surface area contributed by atoms with Crippen molar-refractivity contribution < 1.29 is 23.8 Å². The Morgan fingerprint density at radius 1 is 1.36 bits per heavy atom. The molecule has 12 heteroatoms. The lowest BCUT2D eigenvalue weighted by Gasteiger charge is -2.28. The van der Waals surface area contributed by atoms with E-state index in [0.29, 0.717) is 38.0 Å². The molecule has 10 nitrogen and oxygen atoms in total. The van der Waals surface area contributed by atoms with Crippen LogP contribution in [0.4, 0.5) is 10.2 Å². The van der Waals surface area contributed by atoms with E-state index in [-0.39, 0.29) is 11.6 Å². The van der Waals surface area contributed by atoms with E-state index >= 15 is 0 Å². The minimum Gasteiger partial charge on any atom is -0.480 e. The number of unbranched alkanes of at least 4 members (excludes halogenated alkanes) is 1. The molecule has 3 rings (SSSR count). The highest BCUT2D eigenvalue weighted by molar-refractivity contribution is 6.30. The van der Waals surface area contributed by atoms with Gasteiger partial charge in [0, 0.05) is 45.1 Å². The van der Waals surface area contributed by atoms with Gasteiger partial charge in [0.25, 0.3) is 0 Å². The summed E-state index contributed by atoms with van der Waals surface area (Å²) in [5, 5.41) is 19.0. The number of carboxylic acids is 1. The van der Waals surface area contributed by atoms with E-state index in [0.717, 1.165) is 50.2 Å². The molecule has 2 heterocycles. The summed E-state index contributed by atoms with van der Waals surface area (Å²) in [6.07, 6.45) is 8.19. The maximum absolute atomic E-state index is 13.5. The number of hydrogen-bond donors (Lipinski definition) is 4. The smallest absolute Gasteiger partial charge is 0.326 e. The standard InChI is InChI=1S/C30H44ClFN6O4/c1-4-24(26(31)35-20-33-2)30(13-14-30)29(41)37-25(28(39)40)12-17-38(19-23(18-32)42-3)16-6-5-9-22-11-10-21-8-7-15-34-27(21)36-22/h4,10-11,20,23,25H,1,5-9,12-19H2,2-3H3,(H,33,35)(H,34,36)(H,37,41)(H,39,40)/b26-24+. The Hall–Kier alpha value is -3.02. The molecule has 0 bridgehead atoms. The molecule has 232 valence electrons. The summed E-state index contributed by atoms with van der Waals surface area (Å²) in [6.45, 7) is 5.40. The van der Waals surface area contributed by atoms with Crippen LogP contribution in [0, 0.1) is 5.41 Å². The van der Waals surface area contributed by atoms with Crippen LogP contribution in [0.1, 0.15) is 49.8 Å². The van der Waals surface area contributed by atoms with Crippen molar-refractivity contribution in [3.63, 3.8) is 0 Å². The quantitative estimate of drug-likeness (QED) is 0.0617. The molecule has 1 saturated carbocycles. The predicted molar refractivity (Wildman–Crippen MR) is 164 cm³/mol. The monoisotopic (exact) mass is 606 g/mol. The molecule has 0 aromatic carbocycles. The number of hydrogen-bond acceptors (Lipinski definition) is 7. The number of pyridine rings is 1. The molecule has 1 aliphatic carbocycles. The van der Waals surface area contributed by atoms with E-state index in [4.69, 9.17) is 21.3 Å². The Kier molecular flexibility index (Phi) is 13.2. The fraction of sp³-hybridized carbons (Fsp3) is 0.600. The van der Waals surface area contributed by atoms with Crippen LogP contribution < -0.4 is 16.0 Å². The zero-order chi connectivity index (χ0) is 30.5. The number of anilines is 1. The van der Waals surface area contributed by atoms with Gasteiger partial charge in [-0.05, 0) is 69.5 Å². The van der Waals surface area contributed by atoms with Crippen LogP contribution in [-0.2, 0) is 27.2 Å². The third-order valence-electron chi connectivity index (χ3n) is 7.87. The van der Waals surface area contributed by atoms with Crippen LogP contribution in [0.5, 0.6) is 0 Å². The van der Waals surface area contributed by atoms with Gasteiger partial charge in [0.05, 0.1) is 17.9 Å². The minimum absolute atomic E-state index is 0.152. The second-order valence-corrected chi connectivity index (χ2v) is 11.2. The first kappa shape index (κ1) is 33.5. The van der Waals surface area contributed by atoms with Gasteiger partial charge in [-0.25, -0.2) is 14.2 Å². The highest BCUT2D eigenvalue weighted by Crippen LogP contribution is 2.53. The second-order valence-electron chi connectivity index (χ2n) is 10.8. The number of rotatable bonds is 19. The summed E-state index contributed by atoms with van der Waals surface area (Å²) in [7, 11) is 3.04. The van der Waals surface area contributed by atoms with Crippen LogP contribution in [0.3, 0.4) is 0 Å². The van der Waals surface area contributed by atoms with Crippen LogP contribution in [0.25, 0.3) is 0 Å². The van der Waals surface area contributed by atoms with Crippen molar-refractivity contribution in [2.75, 3.05) is 52.3 Å². The topological polar surface area (TPSA) is 128 Å². The first-order valence-corrected chi connectivity index (χ1v) is 14.9. The number of ether oxygens (including phenoxy) is 1. The molecule has 4 N–H and O–H groups in total. The fourth-order valence-electron chi connectivity index (χ4n) is 5.22. The normalized spacial score (nSPS) is 17.5. The maximum atomic E-state index is 13.5. The SMILES string of the molecule is C=C/C(=C(/Cl)NC=NC)C1(C(=O)NC(CCN(CCCCc2ccc3c(n2)NCCC3)CC(CF)OC)C(=O)O)CC1. The van der Waals surface area contributed by atoms with Gasteiger partial charge in [-0.1, -0.05) is 30.3 Å². The van der Waals surface area contributed by atoms with Crippen LogP contribution in [0.15, 0.2) is 40.5 Å². The summed E-state index contributed by atoms with van der Waals surface area (Å²) < 4.78 is 18.8. The molecule has 2 aliphatic rings. The number of alkyl halides is 1. The highest BCUT2D eigenvalue weighted by Gasteiger charge is 2.53. The Labute approximate surface area is 252 Å². The van der Waals surface area contributed by atoms with Gasteiger partial charge in [0.2, 0.25) is 5.91 Å². The average Bonchev–Trinajstić information content (AvgIpc) is 3.80. The lowest BCUT2D eigenvalue weighted by molar-refractivity contribution is -0.142. The zero-order valence-electron chi connectivity index (χ0n) is 24.6. The third kappa shape index (κ3) is 9.24.